The first-order chi connectivity index (χ1) is 20.4. The molecule has 9 heteroatoms. The van der Waals surface area contributed by atoms with Crippen LogP contribution in [-0.2, 0) is 16.0 Å². The number of thiazole rings is 1. The Morgan fingerprint density at radius 2 is 1.86 bits per heavy atom. The minimum atomic E-state index is -0.884. The number of carbonyl (C=O) groups is 2. The van der Waals surface area contributed by atoms with Gasteiger partial charge < -0.3 is 19.3 Å². The predicted molar refractivity (Wildman–Crippen MR) is 163 cm³/mol. The van der Waals surface area contributed by atoms with E-state index in [-0.39, 0.29) is 17.4 Å². The van der Waals surface area contributed by atoms with Gasteiger partial charge in [0.1, 0.15) is 29.1 Å². The van der Waals surface area contributed by atoms with Gasteiger partial charge in [0, 0.05) is 12.0 Å². The van der Waals surface area contributed by atoms with Crippen LogP contribution in [0.5, 0.6) is 17.2 Å². The highest BCUT2D eigenvalue weighted by Gasteiger charge is 2.48. The number of hydrogen-bond donors (Lipinski definition) is 1. The van der Waals surface area contributed by atoms with Gasteiger partial charge in [-0.3, -0.25) is 14.5 Å². The largest absolute Gasteiger partial charge is 0.507 e. The van der Waals surface area contributed by atoms with Crippen LogP contribution in [0.4, 0.5) is 5.13 Å². The molecule has 0 spiro atoms. The number of unbranched alkanes of at least 4 members (excludes halogenated alkanes) is 2. The molecule has 4 aromatic rings. The fourth-order valence-electron chi connectivity index (χ4n) is 5.48. The van der Waals surface area contributed by atoms with Gasteiger partial charge in [-0.05, 0) is 73.0 Å². The van der Waals surface area contributed by atoms with Crippen molar-refractivity contribution in [1.29, 1.82) is 0 Å². The predicted octanol–water partition coefficient (Wildman–Crippen LogP) is 6.82. The molecule has 1 amide bonds. The molecule has 8 nitrogen and oxygen atoms in total. The highest BCUT2D eigenvalue weighted by atomic mass is 32.1. The first-order valence-electron chi connectivity index (χ1n) is 14.2. The maximum atomic E-state index is 13.7. The van der Waals surface area contributed by atoms with Gasteiger partial charge in [-0.2, -0.15) is 0 Å². The van der Waals surface area contributed by atoms with Gasteiger partial charge in [0.05, 0.1) is 35.5 Å². The lowest BCUT2D eigenvalue weighted by Crippen LogP contribution is -2.29. The number of aromatic nitrogens is 1. The van der Waals surface area contributed by atoms with E-state index in [2.05, 4.69) is 6.92 Å². The summed E-state index contributed by atoms with van der Waals surface area (Å²) in [6.45, 7) is 4.74. The van der Waals surface area contributed by atoms with Gasteiger partial charge in [0.2, 0.25) is 0 Å². The van der Waals surface area contributed by atoms with E-state index < -0.39 is 17.7 Å². The summed E-state index contributed by atoms with van der Waals surface area (Å²) >= 11 is 1.29. The number of ketones is 1. The van der Waals surface area contributed by atoms with Crippen molar-refractivity contribution in [2.45, 2.75) is 51.7 Å². The van der Waals surface area contributed by atoms with E-state index in [1.165, 1.54) is 16.2 Å². The highest BCUT2D eigenvalue weighted by molar-refractivity contribution is 7.22. The number of aliphatic hydroxyl groups is 1. The molecule has 0 saturated carbocycles. The number of ether oxygens (including phenoxy) is 3. The molecule has 0 unspecified atom stereocenters. The van der Waals surface area contributed by atoms with Crippen molar-refractivity contribution in [2.24, 2.45) is 0 Å². The Bertz CT molecular complexity index is 1690. The molecule has 216 valence electrons. The Labute approximate surface area is 248 Å². The molecule has 2 aliphatic heterocycles. The Hall–Kier alpha value is -4.37. The van der Waals surface area contributed by atoms with Crippen LogP contribution in [0.2, 0.25) is 0 Å². The first-order valence-corrected chi connectivity index (χ1v) is 15.0. The fourth-order valence-corrected chi connectivity index (χ4v) is 6.50. The van der Waals surface area contributed by atoms with Crippen molar-refractivity contribution < 1.29 is 28.9 Å². The summed E-state index contributed by atoms with van der Waals surface area (Å²) in [4.78, 5) is 33.4. The summed E-state index contributed by atoms with van der Waals surface area (Å²) in [5, 5.41) is 12.0. The van der Waals surface area contributed by atoms with Crippen LogP contribution in [0, 0.1) is 0 Å². The van der Waals surface area contributed by atoms with Crippen molar-refractivity contribution in [2.75, 3.05) is 18.6 Å². The lowest BCUT2D eigenvalue weighted by Gasteiger charge is -2.23. The fraction of sp³-hybridized carbons (Fsp3) is 0.303. The molecule has 3 heterocycles. The summed E-state index contributed by atoms with van der Waals surface area (Å²) in [6, 6.07) is 17.3. The van der Waals surface area contributed by atoms with E-state index in [0.717, 1.165) is 35.3 Å². The average molecular weight is 585 g/mol. The summed E-state index contributed by atoms with van der Waals surface area (Å²) < 4.78 is 17.9. The molecule has 2 atom stereocenters. The molecule has 1 saturated heterocycles. The number of amides is 1. The molecule has 0 bridgehead atoms. The van der Waals surface area contributed by atoms with E-state index >= 15 is 0 Å². The molecular weight excluding hydrogens is 552 g/mol. The number of carbonyl (C=O) groups excluding carboxylic acids is 2. The molecule has 1 aromatic heterocycles. The van der Waals surface area contributed by atoms with E-state index in [1.54, 1.807) is 25.3 Å². The standard InChI is InChI=1S/C33H32N2O6S/c1-4-5-6-15-40-23-10-7-20(8-11-23)29-28(30(36)21-9-14-26-22(17-21)16-19(2)41-26)31(37)32(38)35(29)33-34-25-13-12-24(39-3)18-27(25)42-33/h7-14,17-19,29,36H,4-6,15-16H2,1-3H3/t19-,29-/m0/s1. The second-order valence-corrected chi connectivity index (χ2v) is 11.6. The Morgan fingerprint density at radius 1 is 1.07 bits per heavy atom. The van der Waals surface area contributed by atoms with Crippen LogP contribution in [0.3, 0.4) is 0 Å². The SMILES string of the molecule is CCCCCOc1ccc([C@H]2C(=C(O)c3ccc4c(c3)C[C@H](C)O4)C(=O)C(=O)N2c2nc3ccc(OC)cc3s2)cc1. The molecule has 1 N–H and O–H groups in total. The number of benzene rings is 3. The Balaban J connectivity index is 1.44. The minimum Gasteiger partial charge on any atom is -0.507 e. The number of fused-ring (bicyclic) bond motifs is 2. The van der Waals surface area contributed by atoms with Gasteiger partial charge in [-0.1, -0.05) is 43.2 Å². The first kappa shape index (κ1) is 27.8. The van der Waals surface area contributed by atoms with Crippen molar-refractivity contribution in [3.8, 4) is 17.2 Å². The van der Waals surface area contributed by atoms with Crippen molar-refractivity contribution in [3.05, 3.63) is 82.9 Å². The molecule has 2 aliphatic rings. The number of anilines is 1. The number of methoxy groups -OCH3 is 1. The molecule has 1 fully saturated rings. The van der Waals surface area contributed by atoms with E-state index in [9.17, 15) is 14.7 Å². The number of aliphatic hydroxyl groups excluding tert-OH is 1. The number of Topliss-reactive ketones (excluding diaryl/α,β-unsaturated/α-hetero) is 1. The van der Waals surface area contributed by atoms with Crippen LogP contribution >= 0.6 is 11.3 Å². The van der Waals surface area contributed by atoms with E-state index in [0.29, 0.717) is 46.3 Å². The maximum absolute atomic E-state index is 13.7. The molecule has 3 aromatic carbocycles. The zero-order valence-corrected chi connectivity index (χ0v) is 24.6. The highest BCUT2D eigenvalue weighted by Crippen LogP contribution is 2.45. The van der Waals surface area contributed by atoms with Gasteiger partial charge in [0.15, 0.2) is 5.13 Å². The maximum Gasteiger partial charge on any atom is 0.301 e. The van der Waals surface area contributed by atoms with Crippen molar-refractivity contribution in [1.82, 2.24) is 4.98 Å². The smallest absolute Gasteiger partial charge is 0.301 e. The Kier molecular flexibility index (Phi) is 7.60. The molecule has 6 rings (SSSR count). The summed E-state index contributed by atoms with van der Waals surface area (Å²) in [6.07, 6.45) is 3.89. The lowest BCUT2D eigenvalue weighted by atomic mass is 9.94. The third kappa shape index (κ3) is 5.09. The third-order valence-corrected chi connectivity index (χ3v) is 8.63. The van der Waals surface area contributed by atoms with E-state index in [1.807, 2.05) is 49.4 Å². The van der Waals surface area contributed by atoms with Crippen LogP contribution in [-0.4, -0.2) is 41.6 Å². The summed E-state index contributed by atoms with van der Waals surface area (Å²) in [7, 11) is 1.59. The van der Waals surface area contributed by atoms with Crippen molar-refractivity contribution in [3.63, 3.8) is 0 Å². The molecule has 0 aliphatic carbocycles. The molecular formula is C33H32N2O6S. The normalized spacial score (nSPS) is 19.3. The van der Waals surface area contributed by atoms with Crippen LogP contribution in [0.15, 0.2) is 66.2 Å². The molecule has 0 radical (unpaired) electrons. The second kappa shape index (κ2) is 11.5. The Morgan fingerprint density at radius 3 is 2.62 bits per heavy atom. The van der Waals surface area contributed by atoms with Crippen LogP contribution < -0.4 is 19.1 Å². The topological polar surface area (TPSA) is 98.2 Å². The second-order valence-electron chi connectivity index (χ2n) is 10.6. The van der Waals surface area contributed by atoms with Gasteiger partial charge in [-0.15, -0.1) is 0 Å². The minimum absolute atomic E-state index is 0.0142. The van der Waals surface area contributed by atoms with Crippen molar-refractivity contribution >= 4 is 44.1 Å². The van der Waals surface area contributed by atoms with Gasteiger partial charge >= 0.3 is 5.91 Å². The van der Waals surface area contributed by atoms with E-state index in [4.69, 9.17) is 19.2 Å². The third-order valence-electron chi connectivity index (χ3n) is 7.62. The number of rotatable bonds is 9. The quantitative estimate of drug-likeness (QED) is 0.0997. The summed E-state index contributed by atoms with van der Waals surface area (Å²) in [5.74, 6) is 0.388. The zero-order valence-electron chi connectivity index (χ0n) is 23.8. The van der Waals surface area contributed by atoms with Gasteiger partial charge in [0.25, 0.3) is 5.78 Å². The summed E-state index contributed by atoms with van der Waals surface area (Å²) in [5.41, 5.74) is 2.76. The molecule has 42 heavy (non-hydrogen) atoms. The lowest BCUT2D eigenvalue weighted by molar-refractivity contribution is -0.132. The van der Waals surface area contributed by atoms with Crippen LogP contribution in [0.25, 0.3) is 16.0 Å². The van der Waals surface area contributed by atoms with Gasteiger partial charge in [-0.25, -0.2) is 4.98 Å². The van der Waals surface area contributed by atoms with Crippen LogP contribution in [0.1, 0.15) is 55.8 Å². The monoisotopic (exact) mass is 584 g/mol. The number of nitrogens with zero attached hydrogens (tertiary/aromatic N) is 2. The number of hydrogen-bond acceptors (Lipinski definition) is 8. The average Bonchev–Trinajstić information content (AvgIpc) is 3.66. The zero-order chi connectivity index (χ0) is 29.4.